The van der Waals surface area contributed by atoms with Crippen molar-refractivity contribution in [3.05, 3.63) is 41.5 Å². The molecule has 31 heavy (non-hydrogen) atoms. The average Bonchev–Trinajstić information content (AvgIpc) is 3.36. The van der Waals surface area contributed by atoms with E-state index in [-0.39, 0.29) is 6.04 Å². The second kappa shape index (κ2) is 7.72. The summed E-state index contributed by atoms with van der Waals surface area (Å²) in [7, 11) is 0. The number of aryl methyl sites for hydroxylation is 3. The van der Waals surface area contributed by atoms with Crippen LogP contribution in [0.3, 0.4) is 0 Å². The van der Waals surface area contributed by atoms with Gasteiger partial charge in [-0.3, -0.25) is 5.10 Å². The number of aromatic amines is 1. The molecule has 4 aromatic rings. The molecule has 1 aliphatic carbocycles. The lowest BCUT2D eigenvalue weighted by Gasteiger charge is -2.24. The Bertz CT molecular complexity index is 1220. The van der Waals surface area contributed by atoms with Crippen molar-refractivity contribution in [2.24, 2.45) is 0 Å². The third-order valence-corrected chi connectivity index (χ3v) is 5.95. The van der Waals surface area contributed by atoms with Crippen LogP contribution in [-0.4, -0.2) is 45.7 Å². The van der Waals surface area contributed by atoms with Crippen molar-refractivity contribution >= 4 is 17.0 Å². The van der Waals surface area contributed by atoms with E-state index in [1.54, 1.807) is 6.33 Å². The molecule has 4 aromatic heterocycles. The van der Waals surface area contributed by atoms with E-state index in [1.807, 2.05) is 19.3 Å². The zero-order chi connectivity index (χ0) is 21.5. The standard InChI is InChI=1S/C22H27N9/c1-5-31-21(14-9-23-13(4)24-10-14)28-19-20(25-11-26-22(19)31)27-15-6-7-17-16(8-15)18(12(2)3)30-29-17/h9-12,15H,5-8H2,1-4H3,(H,29,30)(H,25,26,27). The molecule has 0 amide bonds. The second-order valence-electron chi connectivity index (χ2n) is 8.40. The van der Waals surface area contributed by atoms with Crippen molar-refractivity contribution in [2.75, 3.05) is 5.32 Å². The summed E-state index contributed by atoms with van der Waals surface area (Å²) >= 11 is 0. The number of nitrogens with one attached hydrogen (secondary N) is 2. The van der Waals surface area contributed by atoms with Gasteiger partial charge in [-0.25, -0.2) is 24.9 Å². The predicted molar refractivity (Wildman–Crippen MR) is 119 cm³/mol. The third kappa shape index (κ3) is 3.43. The highest BCUT2D eigenvalue weighted by Crippen LogP contribution is 2.30. The highest BCUT2D eigenvalue weighted by molar-refractivity contribution is 5.86. The second-order valence-corrected chi connectivity index (χ2v) is 8.40. The van der Waals surface area contributed by atoms with Gasteiger partial charge in [0.25, 0.3) is 0 Å². The molecule has 5 rings (SSSR count). The van der Waals surface area contributed by atoms with E-state index in [4.69, 9.17) is 4.98 Å². The molecule has 1 unspecified atom stereocenters. The molecule has 0 fully saturated rings. The number of anilines is 1. The molecule has 9 heteroatoms. The number of hydrogen-bond acceptors (Lipinski definition) is 7. The van der Waals surface area contributed by atoms with Gasteiger partial charge in [0, 0.05) is 30.7 Å². The van der Waals surface area contributed by atoms with Gasteiger partial charge in [-0.05, 0) is 44.6 Å². The number of rotatable bonds is 5. The van der Waals surface area contributed by atoms with Gasteiger partial charge in [0.15, 0.2) is 17.0 Å². The summed E-state index contributed by atoms with van der Waals surface area (Å²) in [6.07, 6.45) is 8.16. The normalized spacial score (nSPS) is 16.1. The van der Waals surface area contributed by atoms with Crippen molar-refractivity contribution in [2.45, 2.75) is 65.5 Å². The van der Waals surface area contributed by atoms with E-state index in [0.717, 1.165) is 60.0 Å². The number of imidazole rings is 1. The Labute approximate surface area is 180 Å². The smallest absolute Gasteiger partial charge is 0.165 e. The maximum absolute atomic E-state index is 4.91. The van der Waals surface area contributed by atoms with Gasteiger partial charge in [-0.2, -0.15) is 5.10 Å². The van der Waals surface area contributed by atoms with Crippen molar-refractivity contribution in [1.29, 1.82) is 0 Å². The van der Waals surface area contributed by atoms with Crippen LogP contribution in [0.2, 0.25) is 0 Å². The summed E-state index contributed by atoms with van der Waals surface area (Å²) in [5, 5.41) is 11.4. The van der Waals surface area contributed by atoms with E-state index >= 15 is 0 Å². The number of H-pyrrole nitrogens is 1. The number of hydrogen-bond donors (Lipinski definition) is 2. The zero-order valence-corrected chi connectivity index (χ0v) is 18.3. The van der Waals surface area contributed by atoms with E-state index < -0.39 is 0 Å². The van der Waals surface area contributed by atoms with Crippen LogP contribution in [0, 0.1) is 6.92 Å². The fourth-order valence-corrected chi connectivity index (χ4v) is 4.38. The maximum Gasteiger partial charge on any atom is 0.165 e. The molecule has 4 heterocycles. The Balaban J connectivity index is 1.49. The summed E-state index contributed by atoms with van der Waals surface area (Å²) in [4.78, 5) is 22.6. The fraction of sp³-hybridized carbons (Fsp3) is 0.455. The summed E-state index contributed by atoms with van der Waals surface area (Å²) in [6.45, 7) is 9.09. The molecule has 0 bridgehead atoms. The summed E-state index contributed by atoms with van der Waals surface area (Å²) in [6, 6.07) is 0.277. The van der Waals surface area contributed by atoms with E-state index in [9.17, 15) is 0 Å². The lowest BCUT2D eigenvalue weighted by molar-refractivity contribution is 0.598. The molecular formula is C22H27N9. The molecule has 0 aromatic carbocycles. The van der Waals surface area contributed by atoms with Crippen LogP contribution in [0.15, 0.2) is 18.7 Å². The largest absolute Gasteiger partial charge is 0.365 e. The van der Waals surface area contributed by atoms with Gasteiger partial charge in [0.2, 0.25) is 0 Å². The molecule has 1 atom stereocenters. The van der Waals surface area contributed by atoms with Gasteiger partial charge < -0.3 is 9.88 Å². The van der Waals surface area contributed by atoms with Gasteiger partial charge in [-0.1, -0.05) is 13.8 Å². The minimum absolute atomic E-state index is 0.277. The first kappa shape index (κ1) is 19.6. The van der Waals surface area contributed by atoms with E-state index in [2.05, 4.69) is 60.8 Å². The van der Waals surface area contributed by atoms with E-state index in [1.165, 1.54) is 17.0 Å². The molecule has 0 aliphatic heterocycles. The first-order chi connectivity index (χ1) is 15.0. The first-order valence-corrected chi connectivity index (χ1v) is 10.9. The van der Waals surface area contributed by atoms with Crippen LogP contribution >= 0.6 is 0 Å². The summed E-state index contributed by atoms with van der Waals surface area (Å²) in [5.41, 5.74) is 6.26. The predicted octanol–water partition coefficient (Wildman–Crippen LogP) is 3.43. The SMILES string of the molecule is CCn1c(-c2cnc(C)nc2)nc2c(NC3CCc4[nH]nc(C(C)C)c4C3)ncnc21. The van der Waals surface area contributed by atoms with Crippen LogP contribution in [0.1, 0.15) is 55.9 Å². The van der Waals surface area contributed by atoms with Gasteiger partial charge >= 0.3 is 0 Å². The molecule has 0 saturated carbocycles. The van der Waals surface area contributed by atoms with Crippen molar-refractivity contribution in [3.8, 4) is 11.4 Å². The zero-order valence-electron chi connectivity index (χ0n) is 18.3. The molecular weight excluding hydrogens is 390 g/mol. The minimum atomic E-state index is 0.277. The Kier molecular flexibility index (Phi) is 4.88. The van der Waals surface area contributed by atoms with Crippen LogP contribution < -0.4 is 5.32 Å². The Morgan fingerprint density at radius 2 is 2.00 bits per heavy atom. The Morgan fingerprint density at radius 3 is 2.74 bits per heavy atom. The number of nitrogens with zero attached hydrogens (tertiary/aromatic N) is 7. The topological polar surface area (TPSA) is 110 Å². The monoisotopic (exact) mass is 417 g/mol. The average molecular weight is 418 g/mol. The van der Waals surface area contributed by atoms with Gasteiger partial charge in [0.05, 0.1) is 11.3 Å². The molecule has 9 nitrogen and oxygen atoms in total. The lowest BCUT2D eigenvalue weighted by atomic mass is 9.89. The molecule has 2 N–H and O–H groups in total. The summed E-state index contributed by atoms with van der Waals surface area (Å²) in [5.74, 6) is 2.73. The van der Waals surface area contributed by atoms with Crippen molar-refractivity contribution in [3.63, 3.8) is 0 Å². The molecule has 160 valence electrons. The molecule has 0 radical (unpaired) electrons. The first-order valence-electron chi connectivity index (χ1n) is 10.9. The van der Waals surface area contributed by atoms with Crippen LogP contribution in [-0.2, 0) is 19.4 Å². The minimum Gasteiger partial charge on any atom is -0.365 e. The lowest BCUT2D eigenvalue weighted by Crippen LogP contribution is -2.28. The number of fused-ring (bicyclic) bond motifs is 2. The highest BCUT2D eigenvalue weighted by Gasteiger charge is 2.26. The highest BCUT2D eigenvalue weighted by atomic mass is 15.2. The van der Waals surface area contributed by atoms with Crippen LogP contribution in [0.25, 0.3) is 22.6 Å². The van der Waals surface area contributed by atoms with Crippen molar-refractivity contribution < 1.29 is 0 Å². The third-order valence-electron chi connectivity index (χ3n) is 5.95. The molecule has 1 aliphatic rings. The van der Waals surface area contributed by atoms with Crippen LogP contribution in [0.4, 0.5) is 5.82 Å². The fourth-order valence-electron chi connectivity index (χ4n) is 4.38. The summed E-state index contributed by atoms with van der Waals surface area (Å²) < 4.78 is 2.09. The maximum atomic E-state index is 4.91. The van der Waals surface area contributed by atoms with Crippen LogP contribution in [0.5, 0.6) is 0 Å². The Hall–Kier alpha value is -3.36. The van der Waals surface area contributed by atoms with Gasteiger partial charge in [-0.15, -0.1) is 0 Å². The Morgan fingerprint density at radius 1 is 1.19 bits per heavy atom. The molecule has 0 spiro atoms. The number of aromatic nitrogens is 8. The molecule has 0 saturated heterocycles. The quantitative estimate of drug-likeness (QED) is 0.512. The van der Waals surface area contributed by atoms with Crippen molar-refractivity contribution in [1.82, 2.24) is 39.7 Å². The van der Waals surface area contributed by atoms with Gasteiger partial charge in [0.1, 0.15) is 18.0 Å². The van der Waals surface area contributed by atoms with E-state index in [0.29, 0.717) is 5.92 Å².